The van der Waals surface area contributed by atoms with E-state index in [0.717, 1.165) is 21.5 Å². The highest BCUT2D eigenvalue weighted by Crippen LogP contribution is 2.29. The second-order valence-electron chi connectivity index (χ2n) is 2.88. The van der Waals surface area contributed by atoms with Gasteiger partial charge in [-0.25, -0.2) is 4.98 Å². The molecule has 0 aliphatic heterocycles. The SMILES string of the molecule is COc1cccc2c(SC)nccc12. The van der Waals surface area contributed by atoms with Crippen LogP contribution in [0.1, 0.15) is 0 Å². The van der Waals surface area contributed by atoms with Crippen LogP contribution >= 0.6 is 11.8 Å². The summed E-state index contributed by atoms with van der Waals surface area (Å²) in [4.78, 5) is 4.31. The third-order valence-corrected chi connectivity index (χ3v) is 2.85. The van der Waals surface area contributed by atoms with E-state index in [9.17, 15) is 0 Å². The van der Waals surface area contributed by atoms with E-state index in [1.54, 1.807) is 18.9 Å². The number of aromatic nitrogens is 1. The summed E-state index contributed by atoms with van der Waals surface area (Å²) in [6, 6.07) is 8.00. The van der Waals surface area contributed by atoms with E-state index in [4.69, 9.17) is 4.74 Å². The highest BCUT2D eigenvalue weighted by Gasteiger charge is 2.04. The highest BCUT2D eigenvalue weighted by atomic mass is 32.2. The molecule has 3 heteroatoms. The number of pyridine rings is 1. The topological polar surface area (TPSA) is 22.1 Å². The van der Waals surface area contributed by atoms with Crippen LogP contribution in [0.3, 0.4) is 0 Å². The summed E-state index contributed by atoms with van der Waals surface area (Å²) in [7, 11) is 1.69. The Morgan fingerprint density at radius 3 is 2.79 bits per heavy atom. The predicted octanol–water partition coefficient (Wildman–Crippen LogP) is 2.97. The maximum absolute atomic E-state index is 5.29. The first-order valence-corrected chi connectivity index (χ1v) is 5.55. The van der Waals surface area contributed by atoms with Gasteiger partial charge in [0, 0.05) is 17.0 Å². The number of nitrogens with zero attached hydrogens (tertiary/aromatic N) is 1. The summed E-state index contributed by atoms with van der Waals surface area (Å²) in [5.41, 5.74) is 0. The summed E-state index contributed by atoms with van der Waals surface area (Å²) in [6.45, 7) is 0. The number of methoxy groups -OCH3 is 1. The molecule has 14 heavy (non-hydrogen) atoms. The number of ether oxygens (including phenoxy) is 1. The van der Waals surface area contributed by atoms with Crippen molar-refractivity contribution in [1.82, 2.24) is 4.98 Å². The lowest BCUT2D eigenvalue weighted by Gasteiger charge is -2.06. The van der Waals surface area contributed by atoms with Gasteiger partial charge in [0.05, 0.1) is 7.11 Å². The van der Waals surface area contributed by atoms with Crippen LogP contribution < -0.4 is 4.74 Å². The number of thioether (sulfide) groups is 1. The Bertz CT molecular complexity index is 413. The molecule has 0 unspecified atom stereocenters. The lowest BCUT2D eigenvalue weighted by atomic mass is 10.1. The maximum atomic E-state index is 5.29. The molecule has 0 aliphatic rings. The monoisotopic (exact) mass is 205 g/mol. The zero-order chi connectivity index (χ0) is 9.97. The van der Waals surface area contributed by atoms with E-state index < -0.39 is 0 Å². The Morgan fingerprint density at radius 1 is 1.21 bits per heavy atom. The molecule has 0 atom stereocenters. The lowest BCUT2D eigenvalue weighted by Crippen LogP contribution is -1.87. The smallest absolute Gasteiger partial charge is 0.126 e. The lowest BCUT2D eigenvalue weighted by molar-refractivity contribution is 0.419. The zero-order valence-electron chi connectivity index (χ0n) is 8.15. The van der Waals surface area contributed by atoms with E-state index in [1.165, 1.54) is 0 Å². The van der Waals surface area contributed by atoms with E-state index >= 15 is 0 Å². The molecule has 1 aromatic heterocycles. The van der Waals surface area contributed by atoms with E-state index in [-0.39, 0.29) is 0 Å². The molecule has 0 fully saturated rings. The molecular formula is C11H11NOS. The highest BCUT2D eigenvalue weighted by molar-refractivity contribution is 7.98. The van der Waals surface area contributed by atoms with Gasteiger partial charge < -0.3 is 4.74 Å². The Hall–Kier alpha value is -1.22. The van der Waals surface area contributed by atoms with Crippen LogP contribution in [-0.4, -0.2) is 18.3 Å². The molecule has 0 saturated carbocycles. The van der Waals surface area contributed by atoms with Crippen molar-refractivity contribution in [3.05, 3.63) is 30.5 Å². The van der Waals surface area contributed by atoms with Crippen molar-refractivity contribution in [3.63, 3.8) is 0 Å². The molecule has 0 N–H and O–H groups in total. The molecular weight excluding hydrogens is 194 g/mol. The molecule has 72 valence electrons. The Labute approximate surface area is 87.3 Å². The second kappa shape index (κ2) is 3.88. The molecule has 0 radical (unpaired) electrons. The average Bonchev–Trinajstić information content (AvgIpc) is 2.27. The molecule has 0 spiro atoms. The van der Waals surface area contributed by atoms with Crippen molar-refractivity contribution in [2.24, 2.45) is 0 Å². The van der Waals surface area contributed by atoms with Crippen LogP contribution in [0.5, 0.6) is 5.75 Å². The summed E-state index contributed by atoms with van der Waals surface area (Å²) >= 11 is 1.65. The van der Waals surface area contributed by atoms with Crippen molar-refractivity contribution in [1.29, 1.82) is 0 Å². The summed E-state index contributed by atoms with van der Waals surface area (Å²) in [5.74, 6) is 0.903. The quantitative estimate of drug-likeness (QED) is 0.704. The van der Waals surface area contributed by atoms with Crippen LogP contribution in [0.15, 0.2) is 35.5 Å². The van der Waals surface area contributed by atoms with E-state index in [1.807, 2.05) is 30.7 Å². The van der Waals surface area contributed by atoms with Crippen LogP contribution in [0.2, 0.25) is 0 Å². The molecule has 2 aromatic rings. The summed E-state index contributed by atoms with van der Waals surface area (Å²) < 4.78 is 5.29. The van der Waals surface area contributed by atoms with Crippen molar-refractivity contribution in [2.45, 2.75) is 5.03 Å². The van der Waals surface area contributed by atoms with Gasteiger partial charge in [0.25, 0.3) is 0 Å². The number of rotatable bonds is 2. The first kappa shape index (κ1) is 9.34. The molecule has 0 bridgehead atoms. The van der Waals surface area contributed by atoms with Crippen molar-refractivity contribution in [3.8, 4) is 5.75 Å². The minimum atomic E-state index is 0.903. The maximum Gasteiger partial charge on any atom is 0.126 e. The third kappa shape index (κ3) is 1.44. The van der Waals surface area contributed by atoms with Gasteiger partial charge in [-0.1, -0.05) is 12.1 Å². The fraction of sp³-hybridized carbons (Fsp3) is 0.182. The third-order valence-electron chi connectivity index (χ3n) is 2.14. The minimum Gasteiger partial charge on any atom is -0.496 e. The molecule has 1 heterocycles. The zero-order valence-corrected chi connectivity index (χ0v) is 8.97. The summed E-state index contributed by atoms with van der Waals surface area (Å²) in [5, 5.41) is 3.31. The Morgan fingerprint density at radius 2 is 2.07 bits per heavy atom. The van der Waals surface area contributed by atoms with Crippen LogP contribution in [0.25, 0.3) is 10.8 Å². The minimum absolute atomic E-state index is 0.903. The van der Waals surface area contributed by atoms with Gasteiger partial charge in [0.15, 0.2) is 0 Å². The van der Waals surface area contributed by atoms with Gasteiger partial charge in [-0.3, -0.25) is 0 Å². The van der Waals surface area contributed by atoms with E-state index in [2.05, 4.69) is 11.1 Å². The van der Waals surface area contributed by atoms with Gasteiger partial charge in [0.1, 0.15) is 10.8 Å². The van der Waals surface area contributed by atoms with Crippen molar-refractivity contribution < 1.29 is 4.74 Å². The number of hydrogen-bond donors (Lipinski definition) is 0. The van der Waals surface area contributed by atoms with Gasteiger partial charge in [-0.15, -0.1) is 11.8 Å². The Kier molecular flexibility index (Phi) is 2.59. The van der Waals surface area contributed by atoms with Crippen LogP contribution in [0, 0.1) is 0 Å². The van der Waals surface area contributed by atoms with Crippen molar-refractivity contribution >= 4 is 22.5 Å². The molecule has 0 aliphatic carbocycles. The summed E-state index contributed by atoms with van der Waals surface area (Å²) in [6.07, 6.45) is 3.85. The van der Waals surface area contributed by atoms with E-state index in [0.29, 0.717) is 0 Å². The standard InChI is InChI=1S/C11H11NOS/c1-13-10-5-3-4-9-8(10)6-7-12-11(9)14-2/h3-7H,1-2H3. The Balaban J connectivity index is 2.77. The number of benzene rings is 1. The number of fused-ring (bicyclic) bond motifs is 1. The van der Waals surface area contributed by atoms with Crippen LogP contribution in [-0.2, 0) is 0 Å². The fourth-order valence-corrected chi connectivity index (χ4v) is 2.06. The predicted molar refractivity (Wildman–Crippen MR) is 60.1 cm³/mol. The molecule has 2 nitrogen and oxygen atoms in total. The molecule has 2 rings (SSSR count). The average molecular weight is 205 g/mol. The van der Waals surface area contributed by atoms with Crippen molar-refractivity contribution in [2.75, 3.05) is 13.4 Å². The largest absolute Gasteiger partial charge is 0.496 e. The second-order valence-corrected chi connectivity index (χ2v) is 3.67. The molecule has 0 amide bonds. The fourth-order valence-electron chi connectivity index (χ4n) is 1.49. The van der Waals surface area contributed by atoms with Gasteiger partial charge >= 0.3 is 0 Å². The van der Waals surface area contributed by atoms with Crippen LogP contribution in [0.4, 0.5) is 0 Å². The molecule has 0 saturated heterocycles. The van der Waals surface area contributed by atoms with Gasteiger partial charge in [-0.2, -0.15) is 0 Å². The normalized spacial score (nSPS) is 10.4. The first-order chi connectivity index (χ1) is 6.86. The number of hydrogen-bond acceptors (Lipinski definition) is 3. The first-order valence-electron chi connectivity index (χ1n) is 4.32. The van der Waals surface area contributed by atoms with Gasteiger partial charge in [-0.05, 0) is 18.4 Å². The van der Waals surface area contributed by atoms with Gasteiger partial charge in [0.2, 0.25) is 0 Å². The molecule has 1 aromatic carbocycles.